The zero-order chi connectivity index (χ0) is 22.6. The first kappa shape index (κ1) is 21.5. The molecule has 0 unspecified atom stereocenters. The average molecular weight is 450 g/mol. The van der Waals surface area contributed by atoms with Gasteiger partial charge in [0.25, 0.3) is 5.91 Å². The second kappa shape index (κ2) is 9.64. The Kier molecular flexibility index (Phi) is 6.28. The van der Waals surface area contributed by atoms with Crippen LogP contribution in [0.3, 0.4) is 0 Å². The zero-order valence-electron chi connectivity index (χ0n) is 18.6. The average Bonchev–Trinajstić information content (AvgIpc) is 3.36. The topological polar surface area (TPSA) is 86.1 Å². The third kappa shape index (κ3) is 4.86. The van der Waals surface area contributed by atoms with Crippen LogP contribution < -0.4 is 14.8 Å². The van der Waals surface area contributed by atoms with Crippen molar-refractivity contribution in [2.45, 2.75) is 13.0 Å². The van der Waals surface area contributed by atoms with Crippen LogP contribution in [0, 0.1) is 6.92 Å². The second-order valence-corrected chi connectivity index (χ2v) is 8.22. The van der Waals surface area contributed by atoms with Crippen molar-refractivity contribution in [1.29, 1.82) is 0 Å². The van der Waals surface area contributed by atoms with Gasteiger partial charge in [-0.15, -0.1) is 0 Å². The highest BCUT2D eigenvalue weighted by atomic mass is 16.6. The van der Waals surface area contributed by atoms with Gasteiger partial charge in [-0.25, -0.2) is 0 Å². The van der Waals surface area contributed by atoms with Crippen molar-refractivity contribution in [2.75, 3.05) is 46.1 Å². The van der Waals surface area contributed by atoms with E-state index in [0.717, 1.165) is 18.7 Å². The van der Waals surface area contributed by atoms with Crippen LogP contribution >= 0.6 is 0 Å². The largest absolute Gasteiger partial charge is 0.486 e. The van der Waals surface area contributed by atoms with E-state index in [4.69, 9.17) is 18.7 Å². The van der Waals surface area contributed by atoms with Crippen molar-refractivity contribution >= 4 is 5.91 Å². The normalized spacial score (nSPS) is 16.9. The van der Waals surface area contributed by atoms with Gasteiger partial charge in [-0.3, -0.25) is 9.69 Å². The number of aromatic nitrogens is 1. The maximum Gasteiger partial charge on any atom is 0.273 e. The summed E-state index contributed by atoms with van der Waals surface area (Å²) in [6, 6.07) is 15.7. The van der Waals surface area contributed by atoms with Crippen LogP contribution in [0.15, 0.2) is 53.1 Å². The third-order valence-electron chi connectivity index (χ3n) is 5.97. The molecular weight excluding hydrogens is 422 g/mol. The molecule has 1 N–H and O–H groups in total. The molecule has 1 amide bonds. The highest BCUT2D eigenvalue weighted by Gasteiger charge is 2.24. The number of amides is 1. The molecule has 1 atom stereocenters. The molecular formula is C25H27N3O5. The number of fused-ring (bicyclic) bond motifs is 1. The van der Waals surface area contributed by atoms with Crippen molar-refractivity contribution in [3.8, 4) is 22.8 Å². The summed E-state index contributed by atoms with van der Waals surface area (Å²) in [6.07, 6.45) is 0. The van der Waals surface area contributed by atoms with E-state index in [-0.39, 0.29) is 17.6 Å². The molecule has 8 nitrogen and oxygen atoms in total. The van der Waals surface area contributed by atoms with Crippen molar-refractivity contribution in [1.82, 2.24) is 15.4 Å². The van der Waals surface area contributed by atoms with E-state index in [2.05, 4.69) is 46.6 Å². The molecule has 1 saturated heterocycles. The Hall–Kier alpha value is -3.36. The Bertz CT molecular complexity index is 1110. The number of aryl methyl sites for hydroxylation is 1. The molecule has 1 fully saturated rings. The molecule has 0 bridgehead atoms. The van der Waals surface area contributed by atoms with E-state index < -0.39 is 0 Å². The second-order valence-electron chi connectivity index (χ2n) is 8.22. The van der Waals surface area contributed by atoms with Gasteiger partial charge in [0, 0.05) is 31.3 Å². The summed E-state index contributed by atoms with van der Waals surface area (Å²) in [5.74, 6) is 1.59. The first-order valence-corrected chi connectivity index (χ1v) is 11.2. The monoisotopic (exact) mass is 449 g/mol. The summed E-state index contributed by atoms with van der Waals surface area (Å²) in [4.78, 5) is 15.2. The van der Waals surface area contributed by atoms with Gasteiger partial charge in [-0.2, -0.15) is 0 Å². The quantitative estimate of drug-likeness (QED) is 0.618. The Morgan fingerprint density at radius 1 is 1.00 bits per heavy atom. The van der Waals surface area contributed by atoms with E-state index >= 15 is 0 Å². The predicted octanol–water partition coefficient (Wildman–Crippen LogP) is 3.22. The maximum atomic E-state index is 12.9. The van der Waals surface area contributed by atoms with Crippen molar-refractivity contribution in [3.05, 3.63) is 65.4 Å². The number of ether oxygens (including phenoxy) is 3. The molecule has 3 heterocycles. The van der Waals surface area contributed by atoms with Crippen molar-refractivity contribution in [2.24, 2.45) is 0 Å². The van der Waals surface area contributed by atoms with Crippen LogP contribution in [0.1, 0.15) is 27.7 Å². The van der Waals surface area contributed by atoms with Crippen LogP contribution in [0.2, 0.25) is 0 Å². The predicted molar refractivity (Wildman–Crippen MR) is 122 cm³/mol. The number of rotatable bonds is 6. The van der Waals surface area contributed by atoms with E-state index in [1.807, 2.05) is 18.2 Å². The maximum absolute atomic E-state index is 12.9. The fourth-order valence-corrected chi connectivity index (χ4v) is 4.13. The number of benzene rings is 2. The lowest BCUT2D eigenvalue weighted by molar-refractivity contribution is 0.0162. The molecule has 2 aromatic carbocycles. The molecule has 0 spiro atoms. The molecule has 3 aromatic rings. The minimum Gasteiger partial charge on any atom is -0.486 e. The van der Waals surface area contributed by atoms with Gasteiger partial charge in [-0.1, -0.05) is 35.0 Å². The molecule has 2 aliphatic heterocycles. The van der Waals surface area contributed by atoms with Gasteiger partial charge >= 0.3 is 0 Å². The summed E-state index contributed by atoms with van der Waals surface area (Å²) in [6.45, 7) is 6.61. The fraction of sp³-hybridized carbons (Fsp3) is 0.360. The number of carbonyl (C=O) groups excluding carboxylic acids is 1. The summed E-state index contributed by atoms with van der Waals surface area (Å²) in [5, 5.41) is 7.02. The Morgan fingerprint density at radius 2 is 1.76 bits per heavy atom. The number of nitrogens with one attached hydrogen (secondary N) is 1. The Labute approximate surface area is 192 Å². The summed E-state index contributed by atoms with van der Waals surface area (Å²) >= 11 is 0. The lowest BCUT2D eigenvalue weighted by Crippen LogP contribution is -2.43. The van der Waals surface area contributed by atoms with E-state index in [9.17, 15) is 4.79 Å². The van der Waals surface area contributed by atoms with Gasteiger partial charge < -0.3 is 24.1 Å². The molecule has 1 aromatic heterocycles. The standard InChI is InChI=1S/C25H27N3O5/c1-17-2-4-18(5-3-17)21(28-8-10-30-11-9-28)16-26-25(29)20-15-23(33-27-20)19-6-7-22-24(14-19)32-13-12-31-22/h2-7,14-15,21H,8-13,16H2,1H3,(H,26,29)/t21-/m0/s1. The highest BCUT2D eigenvalue weighted by molar-refractivity contribution is 5.93. The number of hydrogen-bond donors (Lipinski definition) is 1. The SMILES string of the molecule is Cc1ccc([C@H](CNC(=O)c2cc(-c3ccc4c(c3)OCCO4)on2)N2CCOCC2)cc1. The molecule has 0 aliphatic carbocycles. The van der Waals surface area contributed by atoms with E-state index in [1.165, 1.54) is 11.1 Å². The smallest absolute Gasteiger partial charge is 0.273 e. The van der Waals surface area contributed by atoms with Gasteiger partial charge in [-0.05, 0) is 30.7 Å². The summed E-state index contributed by atoms with van der Waals surface area (Å²) in [7, 11) is 0. The lowest BCUT2D eigenvalue weighted by atomic mass is 10.0. The molecule has 5 rings (SSSR count). The van der Waals surface area contributed by atoms with Gasteiger partial charge in [0.1, 0.15) is 13.2 Å². The molecule has 0 saturated carbocycles. The molecule has 172 valence electrons. The van der Waals surface area contributed by atoms with Crippen LogP contribution in [-0.2, 0) is 4.74 Å². The van der Waals surface area contributed by atoms with Gasteiger partial charge in [0.05, 0.1) is 19.3 Å². The van der Waals surface area contributed by atoms with Gasteiger partial charge in [0.2, 0.25) is 0 Å². The lowest BCUT2D eigenvalue weighted by Gasteiger charge is -2.35. The fourth-order valence-electron chi connectivity index (χ4n) is 4.13. The number of hydrogen-bond acceptors (Lipinski definition) is 7. The first-order valence-electron chi connectivity index (χ1n) is 11.2. The molecule has 0 radical (unpaired) electrons. The third-order valence-corrected chi connectivity index (χ3v) is 5.97. The van der Waals surface area contributed by atoms with Crippen LogP contribution in [0.5, 0.6) is 11.5 Å². The van der Waals surface area contributed by atoms with E-state index in [1.54, 1.807) is 6.07 Å². The Balaban J connectivity index is 1.28. The minimum absolute atomic E-state index is 0.0580. The molecule has 33 heavy (non-hydrogen) atoms. The number of nitrogens with zero attached hydrogens (tertiary/aromatic N) is 2. The minimum atomic E-state index is -0.270. The van der Waals surface area contributed by atoms with Crippen molar-refractivity contribution < 1.29 is 23.5 Å². The first-order chi connectivity index (χ1) is 16.2. The summed E-state index contributed by atoms with van der Waals surface area (Å²) < 4.78 is 22.2. The number of carbonyl (C=O) groups is 1. The van der Waals surface area contributed by atoms with Crippen LogP contribution in [0.4, 0.5) is 0 Å². The van der Waals surface area contributed by atoms with Crippen LogP contribution in [-0.4, -0.2) is 62.0 Å². The number of morpholine rings is 1. The van der Waals surface area contributed by atoms with Gasteiger partial charge in [0.15, 0.2) is 23.0 Å². The van der Waals surface area contributed by atoms with E-state index in [0.29, 0.717) is 50.2 Å². The summed E-state index contributed by atoms with van der Waals surface area (Å²) in [5.41, 5.74) is 3.39. The molecule has 2 aliphatic rings. The Morgan fingerprint density at radius 3 is 2.55 bits per heavy atom. The molecule has 8 heteroatoms. The zero-order valence-corrected chi connectivity index (χ0v) is 18.6. The van der Waals surface area contributed by atoms with Crippen molar-refractivity contribution in [3.63, 3.8) is 0 Å². The highest BCUT2D eigenvalue weighted by Crippen LogP contribution is 2.34. The van der Waals surface area contributed by atoms with Crippen LogP contribution in [0.25, 0.3) is 11.3 Å².